The van der Waals surface area contributed by atoms with Crippen LogP contribution < -0.4 is 5.32 Å². The van der Waals surface area contributed by atoms with Crippen LogP contribution in [-0.2, 0) is 23.3 Å². The van der Waals surface area contributed by atoms with Gasteiger partial charge >= 0.3 is 0 Å². The largest absolute Gasteiger partial charge is 0.351 e. The van der Waals surface area contributed by atoms with Crippen LogP contribution in [0.3, 0.4) is 0 Å². The molecule has 1 saturated carbocycles. The number of halogens is 1. The molecule has 1 atom stereocenters. The number of benzene rings is 2. The lowest BCUT2D eigenvalue weighted by atomic mass is 9.83. The molecule has 2 amide bonds. The Morgan fingerprint density at radius 2 is 1.78 bits per heavy atom. The highest BCUT2D eigenvalue weighted by atomic mass is 35.5. The molecule has 1 unspecified atom stereocenters. The van der Waals surface area contributed by atoms with Gasteiger partial charge in [0.25, 0.3) is 11.8 Å². The van der Waals surface area contributed by atoms with Gasteiger partial charge in [0.2, 0.25) is 0 Å². The van der Waals surface area contributed by atoms with Gasteiger partial charge in [0.15, 0.2) is 5.54 Å². The minimum atomic E-state index is -1.15. The lowest BCUT2D eigenvalue weighted by Crippen LogP contribution is -2.64. The highest BCUT2D eigenvalue weighted by molar-refractivity contribution is 7.17. The van der Waals surface area contributed by atoms with Gasteiger partial charge in [0, 0.05) is 17.6 Å². The van der Waals surface area contributed by atoms with Crippen molar-refractivity contribution >= 4 is 45.0 Å². The molecule has 0 spiro atoms. The van der Waals surface area contributed by atoms with Crippen LogP contribution in [0, 0.1) is 0 Å². The Bertz CT molecular complexity index is 1420. The summed E-state index contributed by atoms with van der Waals surface area (Å²) in [7, 11) is 0. The molecule has 0 bridgehead atoms. The first-order chi connectivity index (χ1) is 18.1. The molecule has 3 heterocycles. The summed E-state index contributed by atoms with van der Waals surface area (Å²) in [6, 6.07) is 21.7. The van der Waals surface area contributed by atoms with Crippen molar-refractivity contribution in [3.05, 3.63) is 94.0 Å². The van der Waals surface area contributed by atoms with Crippen LogP contribution in [0.5, 0.6) is 0 Å². The van der Waals surface area contributed by atoms with E-state index in [-0.39, 0.29) is 17.9 Å². The number of hydrogen-bond acceptors (Lipinski definition) is 3. The van der Waals surface area contributed by atoms with Crippen molar-refractivity contribution in [1.29, 1.82) is 0 Å². The normalized spacial score (nSPS) is 20.2. The topological polar surface area (TPSA) is 54.3 Å². The monoisotopic (exact) mass is 531 g/mol. The Morgan fingerprint density at radius 3 is 2.54 bits per heavy atom. The number of carbonyl (C=O) groups excluding carboxylic acids is 2. The lowest BCUT2D eigenvalue weighted by Gasteiger charge is -2.47. The highest BCUT2D eigenvalue weighted by Gasteiger charge is 2.52. The molecular formula is C30H30ClN3O2S. The van der Waals surface area contributed by atoms with E-state index in [1.165, 1.54) is 6.42 Å². The van der Waals surface area contributed by atoms with Gasteiger partial charge in [-0.1, -0.05) is 73.3 Å². The first-order valence-corrected chi connectivity index (χ1v) is 14.3. The molecule has 0 saturated heterocycles. The molecule has 37 heavy (non-hydrogen) atoms. The summed E-state index contributed by atoms with van der Waals surface area (Å²) < 4.78 is 3.12. The third kappa shape index (κ3) is 4.36. The molecule has 7 heteroatoms. The Balaban J connectivity index is 1.46. The standard InChI is InChI=1S/C30H30ClN3O2S/c31-23-13-11-21(12-14-23)15-17-34-28(35)26-19-27-25(16-18-37-27)33(26)20-30(34,22-7-3-1-4-8-22)29(36)32-24-9-5-2-6-10-24/h1,3-4,7-8,11-14,16,18-19,24H,2,5-6,9-10,15,17,20H2,(H,32,36). The maximum absolute atomic E-state index is 14.5. The Labute approximate surface area is 226 Å². The van der Waals surface area contributed by atoms with Crippen LogP contribution in [0.2, 0.25) is 5.02 Å². The molecule has 1 fully saturated rings. The van der Waals surface area contributed by atoms with Crippen LogP contribution in [-0.4, -0.2) is 33.9 Å². The number of fused-ring (bicyclic) bond motifs is 3. The third-order valence-electron chi connectivity index (χ3n) is 7.94. The minimum absolute atomic E-state index is 0.0854. The summed E-state index contributed by atoms with van der Waals surface area (Å²) >= 11 is 7.73. The zero-order valence-electron chi connectivity index (χ0n) is 20.7. The molecule has 6 rings (SSSR count). The molecule has 1 aliphatic heterocycles. The lowest BCUT2D eigenvalue weighted by molar-refractivity contribution is -0.135. The van der Waals surface area contributed by atoms with Crippen molar-refractivity contribution in [3.8, 4) is 0 Å². The van der Waals surface area contributed by atoms with E-state index in [2.05, 4.69) is 16.0 Å². The van der Waals surface area contributed by atoms with E-state index in [1.807, 2.05) is 70.9 Å². The number of carbonyl (C=O) groups is 2. The predicted octanol–water partition coefficient (Wildman–Crippen LogP) is 6.40. The van der Waals surface area contributed by atoms with Crippen LogP contribution in [0.15, 0.2) is 72.1 Å². The van der Waals surface area contributed by atoms with Crippen molar-refractivity contribution in [2.45, 2.75) is 56.7 Å². The average Bonchev–Trinajstić information content (AvgIpc) is 3.52. The second-order valence-corrected chi connectivity index (χ2v) is 11.5. The van der Waals surface area contributed by atoms with E-state index in [0.717, 1.165) is 47.0 Å². The fourth-order valence-corrected chi connectivity index (χ4v) is 6.92. The molecular weight excluding hydrogens is 502 g/mol. The van der Waals surface area contributed by atoms with Crippen LogP contribution in [0.25, 0.3) is 10.2 Å². The second-order valence-electron chi connectivity index (χ2n) is 10.2. The summed E-state index contributed by atoms with van der Waals surface area (Å²) in [6.07, 6.45) is 6.06. The average molecular weight is 532 g/mol. The highest BCUT2D eigenvalue weighted by Crippen LogP contribution is 2.40. The first-order valence-electron chi connectivity index (χ1n) is 13.1. The van der Waals surface area contributed by atoms with Gasteiger partial charge in [-0.25, -0.2) is 0 Å². The number of aromatic nitrogens is 1. The fourth-order valence-electron chi connectivity index (χ4n) is 5.97. The van der Waals surface area contributed by atoms with Gasteiger partial charge in [-0.05, 0) is 60.0 Å². The number of nitrogens with one attached hydrogen (secondary N) is 1. The van der Waals surface area contributed by atoms with Crippen LogP contribution >= 0.6 is 22.9 Å². The van der Waals surface area contributed by atoms with Crippen molar-refractivity contribution in [2.75, 3.05) is 6.54 Å². The predicted molar refractivity (Wildman–Crippen MR) is 149 cm³/mol. The van der Waals surface area contributed by atoms with Crippen LogP contribution in [0.1, 0.15) is 53.7 Å². The van der Waals surface area contributed by atoms with Crippen molar-refractivity contribution in [2.24, 2.45) is 0 Å². The summed E-state index contributed by atoms with van der Waals surface area (Å²) in [5.41, 5.74) is 2.43. The van der Waals surface area contributed by atoms with E-state index in [4.69, 9.17) is 11.6 Å². The van der Waals surface area contributed by atoms with Gasteiger partial charge in [0.1, 0.15) is 5.69 Å². The van der Waals surface area contributed by atoms with Gasteiger partial charge in [-0.2, -0.15) is 0 Å². The fraction of sp³-hybridized carbons (Fsp3) is 0.333. The molecule has 2 aromatic heterocycles. The van der Waals surface area contributed by atoms with Gasteiger partial charge < -0.3 is 14.8 Å². The quantitative estimate of drug-likeness (QED) is 0.313. The van der Waals surface area contributed by atoms with Gasteiger partial charge in [-0.15, -0.1) is 11.3 Å². The third-order valence-corrected chi connectivity index (χ3v) is 9.04. The summed E-state index contributed by atoms with van der Waals surface area (Å²) in [4.78, 5) is 30.6. The summed E-state index contributed by atoms with van der Waals surface area (Å²) in [5.74, 6) is -0.191. The zero-order chi connectivity index (χ0) is 25.4. The number of rotatable bonds is 6. The molecule has 2 aliphatic rings. The van der Waals surface area contributed by atoms with Crippen molar-refractivity contribution in [1.82, 2.24) is 14.8 Å². The number of nitrogens with zero attached hydrogens (tertiary/aromatic N) is 2. The maximum Gasteiger partial charge on any atom is 0.271 e. The van der Waals surface area contributed by atoms with Crippen molar-refractivity contribution in [3.63, 3.8) is 0 Å². The molecule has 2 aromatic carbocycles. The minimum Gasteiger partial charge on any atom is -0.351 e. The molecule has 4 aromatic rings. The van der Waals surface area contributed by atoms with E-state index in [9.17, 15) is 9.59 Å². The Hall–Kier alpha value is -3.09. The maximum atomic E-state index is 14.5. The van der Waals surface area contributed by atoms with E-state index < -0.39 is 5.54 Å². The van der Waals surface area contributed by atoms with Crippen LogP contribution in [0.4, 0.5) is 0 Å². The van der Waals surface area contributed by atoms with Crippen molar-refractivity contribution < 1.29 is 9.59 Å². The second kappa shape index (κ2) is 9.99. The van der Waals surface area contributed by atoms with Gasteiger partial charge in [0.05, 0.1) is 16.8 Å². The van der Waals surface area contributed by atoms with E-state index in [0.29, 0.717) is 30.2 Å². The number of hydrogen-bond donors (Lipinski definition) is 1. The number of amides is 2. The molecule has 0 radical (unpaired) electrons. The molecule has 1 N–H and O–H groups in total. The summed E-state index contributed by atoms with van der Waals surface area (Å²) in [6.45, 7) is 0.809. The van der Waals surface area contributed by atoms with E-state index >= 15 is 0 Å². The van der Waals surface area contributed by atoms with E-state index in [1.54, 1.807) is 11.3 Å². The van der Waals surface area contributed by atoms with Gasteiger partial charge in [-0.3, -0.25) is 9.59 Å². The smallest absolute Gasteiger partial charge is 0.271 e. The molecule has 1 aliphatic carbocycles. The summed E-state index contributed by atoms with van der Waals surface area (Å²) in [5, 5.41) is 6.11. The Kier molecular flexibility index (Phi) is 6.55. The molecule has 5 nitrogen and oxygen atoms in total. The number of thiophene rings is 1. The first kappa shape index (κ1) is 24.3. The Morgan fingerprint density at radius 1 is 1.03 bits per heavy atom. The SMILES string of the molecule is O=C1c2cc3sccc3n2CC(C(=O)NC2CCCCC2)(c2ccccc2)N1CCc1ccc(Cl)cc1. The molecule has 190 valence electrons. The zero-order valence-corrected chi connectivity index (χ0v) is 22.2.